The third-order valence-corrected chi connectivity index (χ3v) is 3.86. The van der Waals surface area contributed by atoms with Crippen LogP contribution in [0.2, 0.25) is 0 Å². The van der Waals surface area contributed by atoms with E-state index in [-0.39, 0.29) is 12.0 Å². The number of carbonyl (C=O) groups excluding carboxylic acids is 1. The molecule has 4 nitrogen and oxygen atoms in total. The molecule has 2 rings (SSSR count). The number of methoxy groups -OCH3 is 1. The van der Waals surface area contributed by atoms with Crippen LogP contribution in [0.4, 0.5) is 0 Å². The molecule has 5 heteroatoms. The second-order valence-corrected chi connectivity index (χ2v) is 5.36. The van der Waals surface area contributed by atoms with Gasteiger partial charge in [-0.1, -0.05) is 42.5 Å². The van der Waals surface area contributed by atoms with Gasteiger partial charge in [0.2, 0.25) is 0 Å². The minimum atomic E-state index is -0.433. The summed E-state index contributed by atoms with van der Waals surface area (Å²) in [6.07, 6.45) is 2.71. The molecule has 1 saturated heterocycles. The van der Waals surface area contributed by atoms with Crippen LogP contribution >= 0.6 is 12.2 Å². The number of esters is 1. The minimum Gasteiger partial charge on any atom is -0.467 e. The fraction of sp³-hybridized carbons (Fsp3) is 0.467. The summed E-state index contributed by atoms with van der Waals surface area (Å²) in [5.41, 5.74) is 1.08. The number of thiocarbonyl (C=S) groups is 1. The fourth-order valence-electron chi connectivity index (χ4n) is 2.37. The van der Waals surface area contributed by atoms with E-state index in [0.29, 0.717) is 11.4 Å². The zero-order valence-electron chi connectivity index (χ0n) is 11.6. The molecule has 0 spiro atoms. The van der Waals surface area contributed by atoms with Crippen molar-refractivity contribution in [2.75, 3.05) is 13.7 Å². The lowest BCUT2D eigenvalue weighted by Crippen LogP contribution is -2.48. The van der Waals surface area contributed by atoms with Gasteiger partial charge in [-0.05, 0) is 24.9 Å². The third kappa shape index (κ3) is 4.02. The number of benzene rings is 1. The Morgan fingerprint density at radius 2 is 2.25 bits per heavy atom. The van der Waals surface area contributed by atoms with Crippen molar-refractivity contribution in [2.45, 2.75) is 31.3 Å². The minimum absolute atomic E-state index is 0.174. The van der Waals surface area contributed by atoms with E-state index in [4.69, 9.17) is 17.0 Å². The Bertz CT molecular complexity index is 458. The highest BCUT2D eigenvalue weighted by Crippen LogP contribution is 2.09. The van der Waals surface area contributed by atoms with Crippen LogP contribution in [0.15, 0.2) is 30.3 Å². The van der Waals surface area contributed by atoms with E-state index in [1.165, 1.54) is 7.11 Å². The lowest BCUT2D eigenvalue weighted by molar-refractivity contribution is -0.142. The van der Waals surface area contributed by atoms with Gasteiger partial charge in [-0.2, -0.15) is 0 Å². The normalized spacial score (nSPS) is 19.4. The van der Waals surface area contributed by atoms with Crippen molar-refractivity contribution in [1.29, 1.82) is 0 Å². The predicted molar refractivity (Wildman–Crippen MR) is 82.7 cm³/mol. The van der Waals surface area contributed by atoms with Gasteiger partial charge in [0, 0.05) is 6.42 Å². The molecule has 1 fully saturated rings. The van der Waals surface area contributed by atoms with E-state index in [2.05, 4.69) is 10.6 Å². The smallest absolute Gasteiger partial charge is 0.328 e. The Labute approximate surface area is 124 Å². The lowest BCUT2D eigenvalue weighted by Gasteiger charge is -2.21. The van der Waals surface area contributed by atoms with E-state index < -0.39 is 6.04 Å². The number of ether oxygens (including phenoxy) is 1. The maximum absolute atomic E-state index is 11.9. The van der Waals surface area contributed by atoms with Crippen LogP contribution in [0, 0.1) is 0 Å². The van der Waals surface area contributed by atoms with Crippen molar-refractivity contribution >= 4 is 23.2 Å². The maximum Gasteiger partial charge on any atom is 0.328 e. The molecule has 1 aromatic carbocycles. The van der Waals surface area contributed by atoms with Gasteiger partial charge >= 0.3 is 5.97 Å². The topological polar surface area (TPSA) is 50.4 Å². The van der Waals surface area contributed by atoms with Gasteiger partial charge in [-0.25, -0.2) is 4.79 Å². The first kappa shape index (κ1) is 14.9. The van der Waals surface area contributed by atoms with Crippen molar-refractivity contribution in [3.63, 3.8) is 0 Å². The highest BCUT2D eigenvalue weighted by atomic mass is 32.1. The van der Waals surface area contributed by atoms with Crippen molar-refractivity contribution < 1.29 is 9.53 Å². The lowest BCUT2D eigenvalue weighted by atomic mass is 10.1. The first-order chi connectivity index (χ1) is 9.70. The molecule has 0 unspecified atom stereocenters. The van der Waals surface area contributed by atoms with E-state index in [0.717, 1.165) is 24.9 Å². The Morgan fingerprint density at radius 1 is 1.50 bits per heavy atom. The molecule has 0 aliphatic carbocycles. The van der Waals surface area contributed by atoms with Crippen molar-refractivity contribution in [3.05, 3.63) is 35.9 Å². The van der Waals surface area contributed by atoms with Crippen LogP contribution in [-0.4, -0.2) is 36.7 Å². The number of hydrogen-bond donors (Lipinski definition) is 2. The molecule has 2 atom stereocenters. The van der Waals surface area contributed by atoms with E-state index in [1.54, 1.807) is 0 Å². The molecule has 108 valence electrons. The Balaban J connectivity index is 2.00. The summed E-state index contributed by atoms with van der Waals surface area (Å²) >= 11 is 5.39. The summed E-state index contributed by atoms with van der Waals surface area (Å²) in [5, 5.41) is 6.48. The zero-order chi connectivity index (χ0) is 14.4. The van der Waals surface area contributed by atoms with Crippen LogP contribution in [0.1, 0.15) is 18.4 Å². The summed E-state index contributed by atoms with van der Waals surface area (Å²) < 4.78 is 4.87. The molecule has 0 aromatic heterocycles. The predicted octanol–water partition coefficient (Wildman–Crippen LogP) is 1.44. The van der Waals surface area contributed by atoms with E-state index >= 15 is 0 Å². The van der Waals surface area contributed by atoms with Gasteiger partial charge in [0.05, 0.1) is 18.1 Å². The number of nitrogens with one attached hydrogen (secondary N) is 2. The first-order valence-corrected chi connectivity index (χ1v) is 7.27. The molecule has 1 heterocycles. The van der Waals surface area contributed by atoms with Gasteiger partial charge in [0.1, 0.15) is 6.04 Å². The first-order valence-electron chi connectivity index (χ1n) is 6.86. The molecule has 0 bridgehead atoms. The number of carbonyl (C=O) groups is 1. The molecular weight excluding hydrogens is 272 g/mol. The SMILES string of the molecule is COC(=O)[C@H](Cc1ccccc1)NC(=S)[C@@H]1CCCN1. The van der Waals surface area contributed by atoms with Gasteiger partial charge in [0.25, 0.3) is 0 Å². The molecule has 0 amide bonds. The monoisotopic (exact) mass is 292 g/mol. The maximum atomic E-state index is 11.9. The van der Waals surface area contributed by atoms with Crippen LogP contribution < -0.4 is 10.6 Å². The molecule has 20 heavy (non-hydrogen) atoms. The molecule has 0 saturated carbocycles. The van der Waals surface area contributed by atoms with Crippen LogP contribution in [0.25, 0.3) is 0 Å². The Morgan fingerprint density at radius 3 is 2.85 bits per heavy atom. The summed E-state index contributed by atoms with van der Waals surface area (Å²) in [7, 11) is 1.40. The van der Waals surface area contributed by atoms with Crippen molar-refractivity contribution in [1.82, 2.24) is 10.6 Å². The molecule has 2 N–H and O–H groups in total. The third-order valence-electron chi connectivity index (χ3n) is 3.46. The van der Waals surface area contributed by atoms with Crippen molar-refractivity contribution in [2.24, 2.45) is 0 Å². The van der Waals surface area contributed by atoms with Crippen LogP contribution in [0.3, 0.4) is 0 Å². The zero-order valence-corrected chi connectivity index (χ0v) is 12.4. The van der Waals surface area contributed by atoms with E-state index in [9.17, 15) is 4.79 Å². The van der Waals surface area contributed by atoms with Crippen LogP contribution in [-0.2, 0) is 16.0 Å². The quantitative estimate of drug-likeness (QED) is 0.635. The largest absolute Gasteiger partial charge is 0.467 e. The van der Waals surface area contributed by atoms with E-state index in [1.807, 2.05) is 30.3 Å². The summed E-state index contributed by atoms with van der Waals surface area (Å²) in [4.78, 5) is 12.6. The molecule has 1 aromatic rings. The number of rotatable bonds is 5. The van der Waals surface area contributed by atoms with Gasteiger partial charge in [-0.3, -0.25) is 0 Å². The number of hydrogen-bond acceptors (Lipinski definition) is 4. The van der Waals surface area contributed by atoms with Crippen molar-refractivity contribution in [3.8, 4) is 0 Å². The molecule has 1 aliphatic rings. The highest BCUT2D eigenvalue weighted by Gasteiger charge is 2.25. The average molecular weight is 292 g/mol. The summed E-state index contributed by atoms with van der Waals surface area (Å²) in [6, 6.07) is 9.60. The van der Waals surface area contributed by atoms with Gasteiger partial charge in [-0.15, -0.1) is 0 Å². The standard InChI is InChI=1S/C15H20N2O2S/c1-19-15(18)13(10-11-6-3-2-4-7-11)17-14(20)12-8-5-9-16-12/h2-4,6-7,12-13,16H,5,8-10H2,1H3,(H,17,20)/t12-,13-/m0/s1. The second kappa shape index (κ2) is 7.36. The average Bonchev–Trinajstić information content (AvgIpc) is 3.01. The molecule has 0 radical (unpaired) electrons. The second-order valence-electron chi connectivity index (χ2n) is 4.92. The Kier molecular flexibility index (Phi) is 5.49. The van der Waals surface area contributed by atoms with Gasteiger partial charge in [0.15, 0.2) is 0 Å². The highest BCUT2D eigenvalue weighted by molar-refractivity contribution is 7.80. The fourth-order valence-corrected chi connectivity index (χ4v) is 2.71. The molecular formula is C15H20N2O2S. The Hall–Kier alpha value is -1.46. The summed E-state index contributed by atoms with van der Waals surface area (Å²) in [6.45, 7) is 0.980. The van der Waals surface area contributed by atoms with Crippen LogP contribution in [0.5, 0.6) is 0 Å². The van der Waals surface area contributed by atoms with Gasteiger partial charge < -0.3 is 15.4 Å². The summed E-state index contributed by atoms with van der Waals surface area (Å²) in [5.74, 6) is -0.283. The molecule has 1 aliphatic heterocycles.